The lowest BCUT2D eigenvalue weighted by atomic mass is 10.1. The minimum absolute atomic E-state index is 0.174. The molecular formula is C15H23NO2S. The topological polar surface area (TPSA) is 52.3 Å². The molecule has 106 valence electrons. The fraction of sp³-hybridized carbons (Fsp3) is 0.533. The summed E-state index contributed by atoms with van der Waals surface area (Å²) in [5.74, 6) is -0.174. The zero-order chi connectivity index (χ0) is 14.3. The first-order valence-corrected chi connectivity index (χ1v) is 7.46. The Bertz CT molecular complexity index is 401. The monoisotopic (exact) mass is 281 g/mol. The quantitative estimate of drug-likeness (QED) is 0.616. The Morgan fingerprint density at radius 1 is 1.32 bits per heavy atom. The molecule has 0 fully saturated rings. The van der Waals surface area contributed by atoms with Crippen LogP contribution in [0.2, 0.25) is 0 Å². The van der Waals surface area contributed by atoms with E-state index < -0.39 is 4.75 Å². The van der Waals surface area contributed by atoms with Gasteiger partial charge in [0.05, 0.1) is 6.61 Å². The second-order valence-electron chi connectivity index (χ2n) is 4.87. The summed E-state index contributed by atoms with van der Waals surface area (Å²) in [6.45, 7) is 6.73. The van der Waals surface area contributed by atoms with E-state index in [0.717, 1.165) is 17.7 Å². The summed E-state index contributed by atoms with van der Waals surface area (Å²) < 4.78 is 4.52. The highest BCUT2D eigenvalue weighted by molar-refractivity contribution is 8.01. The van der Waals surface area contributed by atoms with Crippen molar-refractivity contribution in [2.24, 2.45) is 5.73 Å². The van der Waals surface area contributed by atoms with Gasteiger partial charge in [0.1, 0.15) is 4.75 Å². The Kier molecular flexibility index (Phi) is 6.38. The van der Waals surface area contributed by atoms with Crippen LogP contribution in [0.1, 0.15) is 32.8 Å². The number of esters is 1. The SMILES string of the molecule is CCOC(=O)C(C)(C)Sc1ccc(CCCN)cc1. The maximum absolute atomic E-state index is 11.8. The average molecular weight is 281 g/mol. The number of carbonyl (C=O) groups excluding carboxylic acids is 1. The van der Waals surface area contributed by atoms with E-state index in [4.69, 9.17) is 10.5 Å². The fourth-order valence-corrected chi connectivity index (χ4v) is 2.68. The zero-order valence-electron chi connectivity index (χ0n) is 11.9. The van der Waals surface area contributed by atoms with Gasteiger partial charge < -0.3 is 10.5 Å². The molecule has 0 heterocycles. The Morgan fingerprint density at radius 2 is 1.95 bits per heavy atom. The first-order chi connectivity index (χ1) is 8.99. The van der Waals surface area contributed by atoms with Crippen molar-refractivity contribution in [1.29, 1.82) is 0 Å². The normalized spacial score (nSPS) is 11.4. The van der Waals surface area contributed by atoms with Crippen LogP contribution in [0.15, 0.2) is 29.2 Å². The first-order valence-electron chi connectivity index (χ1n) is 6.65. The largest absolute Gasteiger partial charge is 0.465 e. The van der Waals surface area contributed by atoms with Crippen LogP contribution < -0.4 is 5.73 Å². The molecule has 0 atom stereocenters. The van der Waals surface area contributed by atoms with Crippen LogP contribution in [0, 0.1) is 0 Å². The highest BCUT2D eigenvalue weighted by atomic mass is 32.2. The second kappa shape index (κ2) is 7.56. The van der Waals surface area contributed by atoms with E-state index in [1.807, 2.05) is 20.8 Å². The van der Waals surface area contributed by atoms with Gasteiger partial charge in [-0.1, -0.05) is 12.1 Å². The molecule has 1 rings (SSSR count). The number of thioether (sulfide) groups is 1. The van der Waals surface area contributed by atoms with Crippen molar-refractivity contribution in [3.63, 3.8) is 0 Å². The maximum atomic E-state index is 11.8. The minimum atomic E-state index is -0.561. The zero-order valence-corrected chi connectivity index (χ0v) is 12.8. The van der Waals surface area contributed by atoms with Crippen molar-refractivity contribution < 1.29 is 9.53 Å². The van der Waals surface area contributed by atoms with Crippen molar-refractivity contribution in [2.75, 3.05) is 13.2 Å². The molecule has 0 aromatic heterocycles. The van der Waals surface area contributed by atoms with E-state index in [1.54, 1.807) is 0 Å². The number of benzene rings is 1. The van der Waals surface area contributed by atoms with E-state index in [1.165, 1.54) is 17.3 Å². The molecule has 1 aromatic rings. The third-order valence-corrected chi connectivity index (χ3v) is 3.92. The smallest absolute Gasteiger partial charge is 0.321 e. The standard InChI is InChI=1S/C15H23NO2S/c1-4-18-14(17)15(2,3)19-13-9-7-12(8-10-13)6-5-11-16/h7-10H,4-6,11,16H2,1-3H3. The van der Waals surface area contributed by atoms with Crippen molar-refractivity contribution in [1.82, 2.24) is 0 Å². The van der Waals surface area contributed by atoms with Gasteiger partial charge in [0.15, 0.2) is 0 Å². The number of aryl methyl sites for hydroxylation is 1. The van der Waals surface area contributed by atoms with Gasteiger partial charge in [0.2, 0.25) is 0 Å². The van der Waals surface area contributed by atoms with Gasteiger partial charge in [-0.15, -0.1) is 11.8 Å². The number of hydrogen-bond donors (Lipinski definition) is 1. The maximum Gasteiger partial charge on any atom is 0.321 e. The Balaban J connectivity index is 2.64. The highest BCUT2D eigenvalue weighted by Crippen LogP contribution is 2.33. The third-order valence-electron chi connectivity index (χ3n) is 2.73. The second-order valence-corrected chi connectivity index (χ2v) is 6.57. The molecule has 4 heteroatoms. The lowest BCUT2D eigenvalue weighted by molar-refractivity contribution is -0.145. The molecule has 3 nitrogen and oxygen atoms in total. The summed E-state index contributed by atoms with van der Waals surface area (Å²) in [4.78, 5) is 12.9. The van der Waals surface area contributed by atoms with Crippen LogP contribution in [0.3, 0.4) is 0 Å². The fourth-order valence-electron chi connectivity index (χ4n) is 1.67. The van der Waals surface area contributed by atoms with E-state index in [-0.39, 0.29) is 5.97 Å². The molecule has 19 heavy (non-hydrogen) atoms. The van der Waals surface area contributed by atoms with Gasteiger partial charge in [-0.05, 0) is 57.9 Å². The van der Waals surface area contributed by atoms with Crippen molar-refractivity contribution in [3.8, 4) is 0 Å². The van der Waals surface area contributed by atoms with Crippen molar-refractivity contribution in [2.45, 2.75) is 43.3 Å². The molecular weight excluding hydrogens is 258 g/mol. The number of nitrogens with two attached hydrogens (primary N) is 1. The van der Waals surface area contributed by atoms with E-state index in [2.05, 4.69) is 24.3 Å². The first kappa shape index (κ1) is 16.1. The lowest BCUT2D eigenvalue weighted by Gasteiger charge is -2.21. The van der Waals surface area contributed by atoms with E-state index in [0.29, 0.717) is 13.2 Å². The number of carbonyl (C=O) groups is 1. The van der Waals surface area contributed by atoms with Crippen LogP contribution in [-0.2, 0) is 16.0 Å². The summed E-state index contributed by atoms with van der Waals surface area (Å²) in [7, 11) is 0. The molecule has 0 unspecified atom stereocenters. The number of ether oxygens (including phenoxy) is 1. The number of rotatable bonds is 7. The van der Waals surface area contributed by atoms with Crippen molar-refractivity contribution >= 4 is 17.7 Å². The number of hydrogen-bond acceptors (Lipinski definition) is 4. The van der Waals surface area contributed by atoms with E-state index in [9.17, 15) is 4.79 Å². The summed E-state index contributed by atoms with van der Waals surface area (Å²) in [6.07, 6.45) is 2.00. The molecule has 0 aliphatic heterocycles. The molecule has 0 saturated carbocycles. The van der Waals surface area contributed by atoms with Gasteiger partial charge in [-0.2, -0.15) is 0 Å². The van der Waals surface area contributed by atoms with Gasteiger partial charge in [-0.3, -0.25) is 4.79 Å². The highest BCUT2D eigenvalue weighted by Gasteiger charge is 2.30. The van der Waals surface area contributed by atoms with E-state index >= 15 is 0 Å². The third kappa shape index (κ3) is 5.25. The van der Waals surface area contributed by atoms with Gasteiger partial charge >= 0.3 is 5.97 Å². The molecule has 0 radical (unpaired) electrons. The minimum Gasteiger partial charge on any atom is -0.465 e. The Morgan fingerprint density at radius 3 is 2.47 bits per heavy atom. The molecule has 0 aliphatic carbocycles. The molecule has 0 saturated heterocycles. The average Bonchev–Trinajstić information content (AvgIpc) is 2.38. The Hall–Kier alpha value is -1.00. The predicted molar refractivity (Wildman–Crippen MR) is 80.4 cm³/mol. The molecule has 2 N–H and O–H groups in total. The van der Waals surface area contributed by atoms with Gasteiger partial charge in [0, 0.05) is 4.90 Å². The van der Waals surface area contributed by atoms with Crippen LogP contribution in [0.4, 0.5) is 0 Å². The molecule has 0 aliphatic rings. The summed E-state index contributed by atoms with van der Waals surface area (Å²) in [5, 5.41) is 0. The molecule has 0 amide bonds. The lowest BCUT2D eigenvalue weighted by Crippen LogP contribution is -2.29. The van der Waals surface area contributed by atoms with Gasteiger partial charge in [0.25, 0.3) is 0 Å². The summed E-state index contributed by atoms with van der Waals surface area (Å²) in [6, 6.07) is 8.30. The molecule has 0 bridgehead atoms. The van der Waals surface area contributed by atoms with Crippen LogP contribution >= 0.6 is 11.8 Å². The van der Waals surface area contributed by atoms with Crippen LogP contribution in [0.25, 0.3) is 0 Å². The molecule has 1 aromatic carbocycles. The Labute approximate surface area is 119 Å². The summed E-state index contributed by atoms with van der Waals surface area (Å²) in [5.41, 5.74) is 6.78. The summed E-state index contributed by atoms with van der Waals surface area (Å²) >= 11 is 1.53. The van der Waals surface area contributed by atoms with Crippen LogP contribution in [0.5, 0.6) is 0 Å². The van der Waals surface area contributed by atoms with Gasteiger partial charge in [-0.25, -0.2) is 0 Å². The predicted octanol–water partition coefficient (Wildman–Crippen LogP) is 3.01. The van der Waals surface area contributed by atoms with Crippen molar-refractivity contribution in [3.05, 3.63) is 29.8 Å². The molecule has 0 spiro atoms. The van der Waals surface area contributed by atoms with Crippen LogP contribution in [-0.4, -0.2) is 23.9 Å².